The van der Waals surface area contributed by atoms with Crippen molar-refractivity contribution in [2.45, 2.75) is 18.8 Å². The molecule has 0 N–H and O–H groups in total. The van der Waals surface area contributed by atoms with Gasteiger partial charge in [0.05, 0.1) is 5.69 Å². The van der Waals surface area contributed by atoms with Gasteiger partial charge in [-0.1, -0.05) is 36.4 Å². The number of hydrogen-bond donors (Lipinski definition) is 0. The molecule has 0 amide bonds. The van der Waals surface area contributed by atoms with Crippen molar-refractivity contribution in [3.63, 3.8) is 0 Å². The van der Waals surface area contributed by atoms with Gasteiger partial charge in [-0.05, 0) is 25.0 Å². The summed E-state index contributed by atoms with van der Waals surface area (Å²) in [6.45, 7) is 0. The van der Waals surface area contributed by atoms with E-state index in [0.29, 0.717) is 0 Å². The van der Waals surface area contributed by atoms with Crippen molar-refractivity contribution in [3.05, 3.63) is 54.2 Å². The van der Waals surface area contributed by atoms with Crippen molar-refractivity contribution in [2.75, 3.05) is 0 Å². The molecule has 1 aliphatic carbocycles. The molecule has 0 unspecified atom stereocenters. The second-order valence-corrected chi connectivity index (χ2v) is 4.09. The zero-order valence-electron chi connectivity index (χ0n) is 8.56. The number of aromatic nitrogens is 1. The molecule has 1 aromatic carbocycles. The number of rotatable bonds is 2. The van der Waals surface area contributed by atoms with Gasteiger partial charge in [0, 0.05) is 17.2 Å². The fraction of sp³-hybridized carbons (Fsp3) is 0.214. The van der Waals surface area contributed by atoms with Crippen molar-refractivity contribution in [2.24, 2.45) is 0 Å². The van der Waals surface area contributed by atoms with Gasteiger partial charge in [0.15, 0.2) is 0 Å². The normalized spacial score (nSPS) is 15.2. The van der Waals surface area contributed by atoms with Crippen LogP contribution in [0.2, 0.25) is 0 Å². The smallest absolute Gasteiger partial charge is 0.0705 e. The van der Waals surface area contributed by atoms with E-state index in [1.54, 1.807) is 0 Å². The van der Waals surface area contributed by atoms with Crippen molar-refractivity contribution in [1.82, 2.24) is 4.98 Å². The third-order valence-electron chi connectivity index (χ3n) is 2.84. The van der Waals surface area contributed by atoms with Gasteiger partial charge in [0.25, 0.3) is 0 Å². The number of benzene rings is 1. The van der Waals surface area contributed by atoms with Gasteiger partial charge in [-0.3, -0.25) is 4.98 Å². The Bertz CT molecular complexity index is 458. The summed E-state index contributed by atoms with van der Waals surface area (Å²) >= 11 is 0. The molecule has 1 nitrogen and oxygen atoms in total. The van der Waals surface area contributed by atoms with Crippen LogP contribution in [0.3, 0.4) is 0 Å². The number of pyridine rings is 1. The Labute approximate surface area is 89.8 Å². The van der Waals surface area contributed by atoms with E-state index in [1.165, 1.54) is 24.1 Å². The largest absolute Gasteiger partial charge is 0.253 e. The lowest BCUT2D eigenvalue weighted by Crippen LogP contribution is -1.88. The first-order chi connectivity index (χ1) is 7.43. The molecule has 0 spiro atoms. The predicted molar refractivity (Wildman–Crippen MR) is 61.6 cm³/mol. The zero-order valence-corrected chi connectivity index (χ0v) is 8.56. The summed E-state index contributed by atoms with van der Waals surface area (Å²) in [7, 11) is 0. The lowest BCUT2D eigenvalue weighted by atomic mass is 10.1. The molecule has 3 rings (SSSR count). The van der Waals surface area contributed by atoms with E-state index in [2.05, 4.69) is 42.5 Å². The van der Waals surface area contributed by atoms with Crippen LogP contribution in [0.1, 0.15) is 24.5 Å². The molecule has 0 atom stereocenters. The third-order valence-corrected chi connectivity index (χ3v) is 2.84. The van der Waals surface area contributed by atoms with E-state index in [1.807, 2.05) is 6.07 Å². The Kier molecular flexibility index (Phi) is 2.02. The maximum Gasteiger partial charge on any atom is 0.0705 e. The van der Waals surface area contributed by atoms with E-state index < -0.39 is 0 Å². The third kappa shape index (κ3) is 1.78. The quantitative estimate of drug-likeness (QED) is 0.713. The molecular weight excluding hydrogens is 182 g/mol. The van der Waals surface area contributed by atoms with Gasteiger partial charge in [0.1, 0.15) is 0 Å². The summed E-state index contributed by atoms with van der Waals surface area (Å²) < 4.78 is 0. The highest BCUT2D eigenvalue weighted by molar-refractivity contribution is 5.58. The van der Waals surface area contributed by atoms with Crippen LogP contribution in [0.4, 0.5) is 0 Å². The summed E-state index contributed by atoms with van der Waals surface area (Å²) in [4.78, 5) is 4.70. The Morgan fingerprint density at radius 1 is 0.867 bits per heavy atom. The highest BCUT2D eigenvalue weighted by atomic mass is 14.7. The lowest BCUT2D eigenvalue weighted by molar-refractivity contribution is 1.03. The number of nitrogens with zero attached hydrogens (tertiary/aromatic N) is 1. The molecule has 2 aromatic rings. The van der Waals surface area contributed by atoms with E-state index in [9.17, 15) is 0 Å². The van der Waals surface area contributed by atoms with E-state index in [-0.39, 0.29) is 0 Å². The van der Waals surface area contributed by atoms with Crippen LogP contribution >= 0.6 is 0 Å². The fourth-order valence-electron chi connectivity index (χ4n) is 1.83. The average Bonchev–Trinajstić information content (AvgIpc) is 3.14. The topological polar surface area (TPSA) is 12.9 Å². The lowest BCUT2D eigenvalue weighted by Gasteiger charge is -2.03. The van der Waals surface area contributed by atoms with Crippen LogP contribution in [0.5, 0.6) is 0 Å². The molecule has 1 fully saturated rings. The van der Waals surface area contributed by atoms with Gasteiger partial charge in [-0.25, -0.2) is 0 Å². The van der Waals surface area contributed by atoms with Gasteiger partial charge in [-0.2, -0.15) is 0 Å². The van der Waals surface area contributed by atoms with Crippen molar-refractivity contribution < 1.29 is 0 Å². The molecule has 74 valence electrons. The SMILES string of the molecule is c1ccc(-c2cccc(C3CC3)n2)cc1. The standard InChI is InChI=1S/C14H13N/c1-2-5-11(6-3-1)13-7-4-8-14(15-13)12-9-10-12/h1-8,12H,9-10H2. The minimum Gasteiger partial charge on any atom is -0.253 e. The van der Waals surface area contributed by atoms with E-state index in [4.69, 9.17) is 4.98 Å². The molecule has 15 heavy (non-hydrogen) atoms. The Morgan fingerprint density at radius 3 is 2.40 bits per heavy atom. The highest BCUT2D eigenvalue weighted by Crippen LogP contribution is 2.39. The minimum absolute atomic E-state index is 0.730. The molecule has 0 radical (unpaired) electrons. The number of hydrogen-bond acceptors (Lipinski definition) is 1. The minimum atomic E-state index is 0.730. The Balaban J connectivity index is 2.01. The summed E-state index contributed by atoms with van der Waals surface area (Å²) in [5.74, 6) is 0.730. The van der Waals surface area contributed by atoms with Crippen molar-refractivity contribution >= 4 is 0 Å². The predicted octanol–water partition coefficient (Wildman–Crippen LogP) is 3.63. The zero-order chi connectivity index (χ0) is 10.1. The highest BCUT2D eigenvalue weighted by Gasteiger charge is 2.24. The maximum absolute atomic E-state index is 4.70. The molecule has 0 saturated heterocycles. The van der Waals surface area contributed by atoms with Crippen LogP contribution < -0.4 is 0 Å². The summed E-state index contributed by atoms with van der Waals surface area (Å²) in [5.41, 5.74) is 3.57. The summed E-state index contributed by atoms with van der Waals surface area (Å²) in [6.07, 6.45) is 2.62. The molecular formula is C14H13N. The van der Waals surface area contributed by atoms with Crippen LogP contribution in [0.15, 0.2) is 48.5 Å². The van der Waals surface area contributed by atoms with Crippen LogP contribution in [-0.4, -0.2) is 4.98 Å². The molecule has 1 aliphatic rings. The van der Waals surface area contributed by atoms with Crippen molar-refractivity contribution in [1.29, 1.82) is 0 Å². The molecule has 0 bridgehead atoms. The van der Waals surface area contributed by atoms with Crippen molar-refractivity contribution in [3.8, 4) is 11.3 Å². The van der Waals surface area contributed by atoms with Crippen LogP contribution in [0.25, 0.3) is 11.3 Å². The fourth-order valence-corrected chi connectivity index (χ4v) is 1.83. The summed E-state index contributed by atoms with van der Waals surface area (Å²) in [5, 5.41) is 0. The first-order valence-corrected chi connectivity index (χ1v) is 5.46. The Morgan fingerprint density at radius 2 is 1.67 bits per heavy atom. The first kappa shape index (κ1) is 8.66. The molecule has 1 heteroatoms. The second kappa shape index (κ2) is 3.50. The van der Waals surface area contributed by atoms with E-state index in [0.717, 1.165) is 11.6 Å². The molecule has 1 saturated carbocycles. The molecule has 0 aliphatic heterocycles. The molecule has 1 heterocycles. The van der Waals surface area contributed by atoms with Gasteiger partial charge in [0.2, 0.25) is 0 Å². The maximum atomic E-state index is 4.70. The van der Waals surface area contributed by atoms with Crippen LogP contribution in [-0.2, 0) is 0 Å². The average molecular weight is 195 g/mol. The summed E-state index contributed by atoms with van der Waals surface area (Å²) in [6, 6.07) is 16.7. The van der Waals surface area contributed by atoms with Gasteiger partial charge >= 0.3 is 0 Å². The molecule has 1 aromatic heterocycles. The first-order valence-electron chi connectivity index (χ1n) is 5.46. The monoisotopic (exact) mass is 195 g/mol. The second-order valence-electron chi connectivity index (χ2n) is 4.09. The van der Waals surface area contributed by atoms with Gasteiger partial charge in [-0.15, -0.1) is 0 Å². The van der Waals surface area contributed by atoms with Crippen LogP contribution in [0, 0.1) is 0 Å². The van der Waals surface area contributed by atoms with E-state index >= 15 is 0 Å². The van der Waals surface area contributed by atoms with Gasteiger partial charge < -0.3 is 0 Å². The Hall–Kier alpha value is -1.63.